The second-order valence-electron chi connectivity index (χ2n) is 4.82. The van der Waals surface area contributed by atoms with Gasteiger partial charge in [-0.05, 0) is 54.7 Å². The van der Waals surface area contributed by atoms with Gasteiger partial charge < -0.3 is 10.4 Å². The molecule has 0 aliphatic heterocycles. The number of fused-ring (bicyclic) bond motifs is 1. The van der Waals surface area contributed by atoms with Crippen molar-refractivity contribution in [2.24, 2.45) is 0 Å². The SMILES string of the molecule is Oc1ccc2c(c1)CCCC2Nc1cccc(F)n1. The summed E-state index contributed by atoms with van der Waals surface area (Å²) in [6, 6.07) is 10.3. The Kier molecular flexibility index (Phi) is 3.07. The van der Waals surface area contributed by atoms with Gasteiger partial charge >= 0.3 is 0 Å². The lowest BCUT2D eigenvalue weighted by atomic mass is 9.87. The molecule has 1 unspecified atom stereocenters. The molecule has 1 atom stereocenters. The smallest absolute Gasteiger partial charge is 0.214 e. The number of hydrogen-bond donors (Lipinski definition) is 2. The van der Waals surface area contributed by atoms with Gasteiger partial charge in [0.15, 0.2) is 0 Å². The van der Waals surface area contributed by atoms with E-state index >= 15 is 0 Å². The highest BCUT2D eigenvalue weighted by Crippen LogP contribution is 2.33. The predicted octanol–water partition coefficient (Wildman–Crippen LogP) is 3.42. The fourth-order valence-electron chi connectivity index (χ4n) is 2.62. The minimum absolute atomic E-state index is 0.124. The van der Waals surface area contributed by atoms with Crippen LogP contribution >= 0.6 is 0 Å². The first-order valence-electron chi connectivity index (χ1n) is 6.43. The Balaban J connectivity index is 1.87. The Morgan fingerprint density at radius 3 is 3.00 bits per heavy atom. The summed E-state index contributed by atoms with van der Waals surface area (Å²) < 4.78 is 13.1. The van der Waals surface area contributed by atoms with Crippen molar-refractivity contribution in [2.45, 2.75) is 25.3 Å². The molecule has 0 saturated carbocycles. The number of aromatic nitrogens is 1. The number of benzene rings is 1. The monoisotopic (exact) mass is 258 g/mol. The van der Waals surface area contributed by atoms with Crippen LogP contribution in [-0.4, -0.2) is 10.1 Å². The molecule has 1 aliphatic rings. The van der Waals surface area contributed by atoms with Gasteiger partial charge in [-0.15, -0.1) is 0 Å². The van der Waals surface area contributed by atoms with Gasteiger partial charge in [-0.2, -0.15) is 4.39 Å². The number of hydrogen-bond acceptors (Lipinski definition) is 3. The first kappa shape index (κ1) is 12.0. The number of rotatable bonds is 2. The third-order valence-corrected chi connectivity index (χ3v) is 3.48. The van der Waals surface area contributed by atoms with Crippen LogP contribution < -0.4 is 5.32 Å². The molecule has 2 N–H and O–H groups in total. The molecular weight excluding hydrogens is 243 g/mol. The summed E-state index contributed by atoms with van der Waals surface area (Å²) in [5.74, 6) is 0.362. The van der Waals surface area contributed by atoms with E-state index in [0.29, 0.717) is 11.6 Å². The van der Waals surface area contributed by atoms with Gasteiger partial charge in [-0.25, -0.2) is 4.98 Å². The summed E-state index contributed by atoms with van der Waals surface area (Å²) in [7, 11) is 0. The molecule has 0 fully saturated rings. The molecule has 0 saturated heterocycles. The lowest BCUT2D eigenvalue weighted by Gasteiger charge is -2.26. The minimum atomic E-state index is -0.480. The lowest BCUT2D eigenvalue weighted by molar-refractivity contribution is 0.472. The molecule has 1 aromatic carbocycles. The van der Waals surface area contributed by atoms with Crippen LogP contribution in [0.15, 0.2) is 36.4 Å². The third kappa shape index (κ3) is 2.52. The second kappa shape index (κ2) is 4.88. The summed E-state index contributed by atoms with van der Waals surface area (Å²) in [5, 5.41) is 12.8. The molecule has 3 nitrogen and oxygen atoms in total. The topological polar surface area (TPSA) is 45.1 Å². The third-order valence-electron chi connectivity index (χ3n) is 3.48. The van der Waals surface area contributed by atoms with Gasteiger partial charge in [0.1, 0.15) is 11.6 Å². The van der Waals surface area contributed by atoms with Crippen molar-refractivity contribution in [1.29, 1.82) is 0 Å². The van der Waals surface area contributed by atoms with E-state index in [1.807, 2.05) is 12.1 Å². The highest BCUT2D eigenvalue weighted by Gasteiger charge is 2.20. The predicted molar refractivity (Wildman–Crippen MR) is 71.6 cm³/mol. The largest absolute Gasteiger partial charge is 0.508 e. The number of aromatic hydroxyl groups is 1. The maximum atomic E-state index is 13.1. The molecular formula is C15H15FN2O. The van der Waals surface area contributed by atoms with Crippen LogP contribution in [0.4, 0.5) is 10.2 Å². The molecule has 0 bridgehead atoms. The van der Waals surface area contributed by atoms with Crippen LogP contribution in [0.5, 0.6) is 5.75 Å². The Morgan fingerprint density at radius 1 is 1.26 bits per heavy atom. The van der Waals surface area contributed by atoms with E-state index in [4.69, 9.17) is 0 Å². The van der Waals surface area contributed by atoms with E-state index in [-0.39, 0.29) is 6.04 Å². The van der Waals surface area contributed by atoms with E-state index in [2.05, 4.69) is 10.3 Å². The van der Waals surface area contributed by atoms with Crippen LogP contribution in [0.25, 0.3) is 0 Å². The number of nitrogens with one attached hydrogen (secondary N) is 1. The molecule has 1 heterocycles. The Morgan fingerprint density at radius 2 is 2.16 bits per heavy atom. The molecule has 2 aromatic rings. The summed E-state index contributed by atoms with van der Waals surface area (Å²) in [4.78, 5) is 3.83. The van der Waals surface area contributed by atoms with E-state index in [1.165, 1.54) is 6.07 Å². The van der Waals surface area contributed by atoms with Crippen molar-refractivity contribution in [3.05, 3.63) is 53.5 Å². The zero-order valence-electron chi connectivity index (χ0n) is 10.4. The van der Waals surface area contributed by atoms with Gasteiger partial charge in [0, 0.05) is 0 Å². The summed E-state index contributed by atoms with van der Waals surface area (Å²) >= 11 is 0. The zero-order valence-corrected chi connectivity index (χ0v) is 10.4. The molecule has 1 aliphatic carbocycles. The number of nitrogens with zero attached hydrogens (tertiary/aromatic N) is 1. The minimum Gasteiger partial charge on any atom is -0.508 e. The number of aryl methyl sites for hydroxylation is 1. The van der Waals surface area contributed by atoms with E-state index in [9.17, 15) is 9.50 Å². The number of halogens is 1. The summed E-state index contributed by atoms with van der Waals surface area (Å²) in [5.41, 5.74) is 2.32. The second-order valence-corrected chi connectivity index (χ2v) is 4.82. The fourth-order valence-corrected chi connectivity index (χ4v) is 2.62. The van der Waals surface area contributed by atoms with E-state index in [0.717, 1.165) is 30.4 Å². The Labute approximate surface area is 111 Å². The molecule has 1 aromatic heterocycles. The van der Waals surface area contributed by atoms with Crippen molar-refractivity contribution < 1.29 is 9.50 Å². The molecule has 3 rings (SSSR count). The van der Waals surface area contributed by atoms with Crippen molar-refractivity contribution in [3.8, 4) is 5.75 Å². The van der Waals surface area contributed by atoms with Gasteiger partial charge in [0.05, 0.1) is 6.04 Å². The molecule has 0 amide bonds. The fraction of sp³-hybridized carbons (Fsp3) is 0.267. The molecule has 4 heteroatoms. The first-order valence-corrected chi connectivity index (χ1v) is 6.43. The van der Waals surface area contributed by atoms with Crippen LogP contribution in [0.1, 0.15) is 30.0 Å². The Hall–Kier alpha value is -2.10. The van der Waals surface area contributed by atoms with Crippen molar-refractivity contribution in [3.63, 3.8) is 0 Å². The van der Waals surface area contributed by atoms with Crippen LogP contribution in [-0.2, 0) is 6.42 Å². The van der Waals surface area contributed by atoms with Crippen LogP contribution in [0.2, 0.25) is 0 Å². The number of anilines is 1. The highest BCUT2D eigenvalue weighted by molar-refractivity contribution is 5.44. The van der Waals surface area contributed by atoms with Gasteiger partial charge in [0.25, 0.3) is 0 Å². The molecule has 0 spiro atoms. The average Bonchev–Trinajstić information content (AvgIpc) is 2.38. The highest BCUT2D eigenvalue weighted by atomic mass is 19.1. The van der Waals surface area contributed by atoms with Gasteiger partial charge in [-0.3, -0.25) is 0 Å². The number of pyridine rings is 1. The van der Waals surface area contributed by atoms with Crippen LogP contribution in [0.3, 0.4) is 0 Å². The first-order chi connectivity index (χ1) is 9.22. The summed E-state index contributed by atoms with van der Waals surface area (Å²) in [6.45, 7) is 0. The molecule has 19 heavy (non-hydrogen) atoms. The Bertz CT molecular complexity index is 600. The normalized spacial score (nSPS) is 17.8. The van der Waals surface area contributed by atoms with E-state index in [1.54, 1.807) is 18.2 Å². The summed E-state index contributed by atoms with van der Waals surface area (Å²) in [6.07, 6.45) is 3.00. The zero-order chi connectivity index (χ0) is 13.2. The number of phenols is 1. The standard InChI is InChI=1S/C15H15FN2O/c16-14-5-2-6-15(18-14)17-13-4-1-3-10-9-11(19)7-8-12(10)13/h2,5-9,13,19H,1,3-4H2,(H,17,18). The van der Waals surface area contributed by atoms with Crippen molar-refractivity contribution >= 4 is 5.82 Å². The quantitative estimate of drug-likeness (QED) is 0.811. The molecule has 0 radical (unpaired) electrons. The maximum Gasteiger partial charge on any atom is 0.214 e. The average molecular weight is 258 g/mol. The van der Waals surface area contributed by atoms with Crippen LogP contribution in [0, 0.1) is 5.95 Å². The molecule has 98 valence electrons. The van der Waals surface area contributed by atoms with E-state index < -0.39 is 5.95 Å². The lowest BCUT2D eigenvalue weighted by Crippen LogP contribution is -2.18. The maximum absolute atomic E-state index is 13.1. The number of phenolic OH excluding ortho intramolecular Hbond substituents is 1. The van der Waals surface area contributed by atoms with Gasteiger partial charge in [0.2, 0.25) is 5.95 Å². The van der Waals surface area contributed by atoms with Gasteiger partial charge in [-0.1, -0.05) is 12.1 Å². The van der Waals surface area contributed by atoms with Crippen molar-refractivity contribution in [1.82, 2.24) is 4.98 Å². The van der Waals surface area contributed by atoms with Crippen molar-refractivity contribution in [2.75, 3.05) is 5.32 Å².